The lowest BCUT2D eigenvalue weighted by Gasteiger charge is -2.29. The third kappa shape index (κ3) is 5.53. The zero-order chi connectivity index (χ0) is 19.2. The Morgan fingerprint density at radius 1 is 1.28 bits per heavy atom. The molecule has 0 aromatic rings. The highest BCUT2D eigenvalue weighted by molar-refractivity contribution is 7.91. The molecule has 0 spiro atoms. The largest absolute Gasteiger partial charge is 0.336 e. The second-order valence-corrected chi connectivity index (χ2v) is 12.6. The Morgan fingerprint density at radius 3 is 2.32 bits per heavy atom. The summed E-state index contributed by atoms with van der Waals surface area (Å²) in [6.07, 6.45) is 1.00. The van der Waals surface area contributed by atoms with Gasteiger partial charge < -0.3 is 5.32 Å². The number of nitrogens with one attached hydrogen (secondary N) is 2. The van der Waals surface area contributed by atoms with E-state index in [4.69, 9.17) is 58.0 Å². The molecule has 1 amide bonds. The smallest absolute Gasteiger partial charge is 0.225 e. The SMILES string of the molecule is CC1(C)[C@H](C=C(Cl)Cl)[C@@H]1C(=O)N[C@@H](N[C@H]1CCS(=O)(=O)C1)C(Cl)(Cl)Cl. The van der Waals surface area contributed by atoms with Gasteiger partial charge in [0.2, 0.25) is 9.70 Å². The van der Waals surface area contributed by atoms with Gasteiger partial charge in [0.05, 0.1) is 17.4 Å². The molecule has 0 aromatic carbocycles. The lowest BCUT2D eigenvalue weighted by molar-refractivity contribution is -0.124. The van der Waals surface area contributed by atoms with Gasteiger partial charge in [-0.1, -0.05) is 71.9 Å². The van der Waals surface area contributed by atoms with E-state index in [2.05, 4.69) is 10.6 Å². The van der Waals surface area contributed by atoms with E-state index in [1.807, 2.05) is 13.8 Å². The van der Waals surface area contributed by atoms with E-state index in [0.717, 1.165) is 0 Å². The minimum atomic E-state index is -3.10. The second kappa shape index (κ2) is 7.53. The molecular formula is C14H19Cl5N2O3S. The maximum atomic E-state index is 12.6. The Bertz CT molecular complexity index is 670. The summed E-state index contributed by atoms with van der Waals surface area (Å²) in [6.45, 7) is 3.83. The van der Waals surface area contributed by atoms with Gasteiger partial charge in [0.25, 0.3) is 0 Å². The van der Waals surface area contributed by atoms with E-state index in [1.165, 1.54) is 0 Å². The minimum Gasteiger partial charge on any atom is -0.336 e. The molecule has 0 radical (unpaired) electrons. The van der Waals surface area contributed by atoms with E-state index in [9.17, 15) is 13.2 Å². The van der Waals surface area contributed by atoms with E-state index >= 15 is 0 Å². The molecule has 1 saturated carbocycles. The first-order valence-electron chi connectivity index (χ1n) is 7.60. The molecule has 0 unspecified atom stereocenters. The lowest BCUT2D eigenvalue weighted by Crippen LogP contribution is -2.57. The van der Waals surface area contributed by atoms with Crippen LogP contribution in [0.5, 0.6) is 0 Å². The van der Waals surface area contributed by atoms with E-state index in [1.54, 1.807) is 6.08 Å². The van der Waals surface area contributed by atoms with E-state index in [-0.39, 0.29) is 45.2 Å². The van der Waals surface area contributed by atoms with Crippen molar-refractivity contribution in [2.75, 3.05) is 11.5 Å². The quantitative estimate of drug-likeness (QED) is 0.476. The van der Waals surface area contributed by atoms with Gasteiger partial charge in [-0.25, -0.2) is 8.42 Å². The van der Waals surface area contributed by atoms with Crippen LogP contribution >= 0.6 is 58.0 Å². The summed E-state index contributed by atoms with van der Waals surface area (Å²) in [4.78, 5) is 12.6. The summed E-state index contributed by atoms with van der Waals surface area (Å²) in [5.41, 5.74) is -0.325. The Balaban J connectivity index is 2.06. The minimum absolute atomic E-state index is 0.0533. The van der Waals surface area contributed by atoms with Crippen LogP contribution in [0, 0.1) is 17.3 Å². The van der Waals surface area contributed by atoms with Crippen molar-refractivity contribution < 1.29 is 13.2 Å². The standard InChI is InChI=1S/C14H19Cl5N2O3S/c1-13(2)8(5-9(15)16)10(13)11(22)21-12(14(17,18)19)20-7-3-4-25(23,24)6-7/h5,7-8,10,12,20H,3-4,6H2,1-2H3,(H,21,22)/t7-,8+,10+,12+/m0/s1. The summed E-state index contributed by atoms with van der Waals surface area (Å²) >= 11 is 29.3. The van der Waals surface area contributed by atoms with Crippen molar-refractivity contribution in [1.82, 2.24) is 10.6 Å². The number of sulfone groups is 1. The van der Waals surface area contributed by atoms with Crippen LogP contribution in [-0.4, -0.2) is 41.8 Å². The molecule has 2 N–H and O–H groups in total. The highest BCUT2D eigenvalue weighted by atomic mass is 35.6. The molecule has 25 heavy (non-hydrogen) atoms. The molecule has 2 fully saturated rings. The second-order valence-electron chi connectivity index (χ2n) is 7.03. The highest BCUT2D eigenvalue weighted by Crippen LogP contribution is 2.59. The first-order chi connectivity index (χ1) is 11.2. The topological polar surface area (TPSA) is 75.3 Å². The summed E-state index contributed by atoms with van der Waals surface area (Å²) in [7, 11) is -3.10. The summed E-state index contributed by atoms with van der Waals surface area (Å²) < 4.78 is 21.4. The third-order valence-corrected chi connectivity index (χ3v) is 7.42. The van der Waals surface area contributed by atoms with Crippen LogP contribution in [0.2, 0.25) is 0 Å². The predicted octanol–water partition coefficient (Wildman–Crippen LogP) is 3.17. The first-order valence-corrected chi connectivity index (χ1v) is 11.3. The fraction of sp³-hybridized carbons (Fsp3) is 0.786. The molecular weight excluding hydrogens is 453 g/mol. The molecule has 1 heterocycles. The third-order valence-electron chi connectivity index (χ3n) is 4.75. The van der Waals surface area contributed by atoms with Gasteiger partial charge in [0, 0.05) is 6.04 Å². The zero-order valence-corrected chi connectivity index (χ0v) is 18.1. The molecule has 0 bridgehead atoms. The van der Waals surface area contributed by atoms with Crippen molar-refractivity contribution in [3.8, 4) is 0 Å². The Kier molecular flexibility index (Phi) is 6.59. The van der Waals surface area contributed by atoms with Crippen molar-refractivity contribution in [3.05, 3.63) is 10.6 Å². The number of allylic oxidation sites excluding steroid dienone is 1. The maximum absolute atomic E-state index is 12.6. The number of carbonyl (C=O) groups excluding carboxylic acids is 1. The van der Waals surface area contributed by atoms with Crippen LogP contribution in [-0.2, 0) is 14.6 Å². The Labute approximate surface area is 172 Å². The summed E-state index contributed by atoms with van der Waals surface area (Å²) in [6, 6.07) is -0.383. The van der Waals surface area contributed by atoms with Crippen molar-refractivity contribution in [1.29, 1.82) is 0 Å². The molecule has 5 nitrogen and oxygen atoms in total. The van der Waals surface area contributed by atoms with E-state index in [0.29, 0.717) is 6.42 Å². The van der Waals surface area contributed by atoms with Gasteiger partial charge in [-0.15, -0.1) is 0 Å². The fourth-order valence-corrected chi connectivity index (χ4v) is 5.55. The molecule has 1 aliphatic carbocycles. The van der Waals surface area contributed by atoms with Gasteiger partial charge in [-0.05, 0) is 23.8 Å². The molecule has 1 saturated heterocycles. The van der Waals surface area contributed by atoms with Crippen molar-refractivity contribution in [3.63, 3.8) is 0 Å². The molecule has 2 aliphatic rings. The normalized spacial score (nSPS) is 31.2. The molecule has 0 aromatic heterocycles. The van der Waals surface area contributed by atoms with Gasteiger partial charge in [0.1, 0.15) is 10.7 Å². The fourth-order valence-electron chi connectivity index (χ4n) is 3.24. The Hall–Kier alpha value is 0.570. The number of carbonyl (C=O) groups is 1. The van der Waals surface area contributed by atoms with E-state index < -0.39 is 19.8 Å². The van der Waals surface area contributed by atoms with Crippen molar-refractivity contribution >= 4 is 73.7 Å². The molecule has 4 atom stereocenters. The van der Waals surface area contributed by atoms with Crippen LogP contribution in [0.1, 0.15) is 20.3 Å². The number of amides is 1. The maximum Gasteiger partial charge on any atom is 0.225 e. The van der Waals surface area contributed by atoms with Gasteiger partial charge in [-0.3, -0.25) is 10.1 Å². The molecule has 2 rings (SSSR count). The number of halogens is 5. The van der Waals surface area contributed by atoms with Crippen LogP contribution in [0.15, 0.2) is 10.6 Å². The summed E-state index contributed by atoms with van der Waals surface area (Å²) in [5, 5.41) is 5.61. The van der Waals surface area contributed by atoms with Gasteiger partial charge >= 0.3 is 0 Å². The van der Waals surface area contributed by atoms with Crippen LogP contribution in [0.4, 0.5) is 0 Å². The van der Waals surface area contributed by atoms with Crippen LogP contribution < -0.4 is 10.6 Å². The zero-order valence-electron chi connectivity index (χ0n) is 13.5. The highest BCUT2D eigenvalue weighted by Gasteiger charge is 2.61. The number of alkyl halides is 3. The molecule has 1 aliphatic heterocycles. The van der Waals surface area contributed by atoms with Crippen molar-refractivity contribution in [2.24, 2.45) is 17.3 Å². The monoisotopic (exact) mass is 470 g/mol. The number of hydrogen-bond donors (Lipinski definition) is 2. The lowest BCUT2D eigenvalue weighted by atomic mass is 10.1. The van der Waals surface area contributed by atoms with Gasteiger partial charge in [-0.2, -0.15) is 0 Å². The average Bonchev–Trinajstić information content (AvgIpc) is 2.75. The number of rotatable bonds is 5. The first kappa shape index (κ1) is 21.9. The van der Waals surface area contributed by atoms with Crippen molar-refractivity contribution in [2.45, 2.75) is 36.3 Å². The van der Waals surface area contributed by atoms with Crippen LogP contribution in [0.25, 0.3) is 0 Å². The molecule has 11 heteroatoms. The van der Waals surface area contributed by atoms with Crippen LogP contribution in [0.3, 0.4) is 0 Å². The van der Waals surface area contributed by atoms with Gasteiger partial charge in [0.15, 0.2) is 9.84 Å². The predicted molar refractivity (Wildman–Crippen MR) is 103 cm³/mol. The molecule has 144 valence electrons. The summed E-state index contributed by atoms with van der Waals surface area (Å²) in [5.74, 6) is -0.792. The number of hydrogen-bond acceptors (Lipinski definition) is 4. The average molecular weight is 473 g/mol. The Morgan fingerprint density at radius 2 is 1.88 bits per heavy atom.